The van der Waals surface area contributed by atoms with E-state index in [1.807, 2.05) is 13.0 Å². The lowest BCUT2D eigenvalue weighted by atomic mass is 9.84. The van der Waals surface area contributed by atoms with Crippen LogP contribution in [0.4, 0.5) is 10.1 Å². The van der Waals surface area contributed by atoms with Gasteiger partial charge in [0.15, 0.2) is 0 Å². The normalized spacial score (nSPS) is 25.6. The maximum Gasteiger partial charge on any atom is 0.146 e. The minimum atomic E-state index is -0.178. The third-order valence-corrected chi connectivity index (χ3v) is 4.38. The van der Waals surface area contributed by atoms with Crippen LogP contribution in [0.5, 0.6) is 0 Å². The maximum atomic E-state index is 13.8. The van der Waals surface area contributed by atoms with E-state index in [2.05, 4.69) is 5.32 Å². The Morgan fingerprint density at radius 3 is 2.85 bits per heavy atom. The van der Waals surface area contributed by atoms with E-state index in [0.29, 0.717) is 5.69 Å². The Morgan fingerprint density at radius 2 is 2.05 bits per heavy atom. The molecule has 1 aromatic carbocycles. The van der Waals surface area contributed by atoms with Gasteiger partial charge in [0.05, 0.1) is 11.3 Å². The Hall–Kier alpha value is -1.13. The lowest BCUT2D eigenvalue weighted by molar-refractivity contribution is -0.135. The number of aryl methyl sites for hydroxylation is 1. The molecule has 2 saturated heterocycles. The molecule has 0 bridgehead atoms. The van der Waals surface area contributed by atoms with E-state index < -0.39 is 0 Å². The number of halogens is 1. The number of ether oxygens (including phenoxy) is 2. The average molecular weight is 279 g/mol. The zero-order valence-electron chi connectivity index (χ0n) is 12.0. The van der Waals surface area contributed by atoms with Crippen LogP contribution >= 0.6 is 0 Å². The zero-order chi connectivity index (χ0) is 14.0. The van der Waals surface area contributed by atoms with Gasteiger partial charge in [0.2, 0.25) is 0 Å². The van der Waals surface area contributed by atoms with E-state index in [4.69, 9.17) is 9.47 Å². The first-order valence-corrected chi connectivity index (χ1v) is 7.41. The Kier molecular flexibility index (Phi) is 3.94. The van der Waals surface area contributed by atoms with E-state index in [1.54, 1.807) is 6.07 Å². The summed E-state index contributed by atoms with van der Waals surface area (Å²) in [5, 5.41) is 3.37. The molecule has 1 aromatic rings. The van der Waals surface area contributed by atoms with Gasteiger partial charge in [-0.05, 0) is 50.3 Å². The first-order chi connectivity index (χ1) is 9.67. The van der Waals surface area contributed by atoms with Gasteiger partial charge in [-0.25, -0.2) is 4.39 Å². The fourth-order valence-electron chi connectivity index (χ4n) is 3.21. The highest BCUT2D eigenvalue weighted by molar-refractivity contribution is 5.48. The summed E-state index contributed by atoms with van der Waals surface area (Å²) in [6.45, 7) is 4.26. The molecular formula is C16H22FNO2. The summed E-state index contributed by atoms with van der Waals surface area (Å²) in [5.74, 6) is -0.178. The van der Waals surface area contributed by atoms with Crippen molar-refractivity contribution < 1.29 is 13.9 Å². The van der Waals surface area contributed by atoms with Crippen LogP contribution < -0.4 is 5.32 Å². The molecule has 1 atom stereocenters. The van der Waals surface area contributed by atoms with Crippen LogP contribution in [0.15, 0.2) is 18.2 Å². The van der Waals surface area contributed by atoms with Crippen LogP contribution in [0.3, 0.4) is 0 Å². The van der Waals surface area contributed by atoms with Gasteiger partial charge in [-0.15, -0.1) is 0 Å². The number of hydrogen-bond acceptors (Lipinski definition) is 3. The van der Waals surface area contributed by atoms with Crippen molar-refractivity contribution in [3.63, 3.8) is 0 Å². The summed E-state index contributed by atoms with van der Waals surface area (Å²) >= 11 is 0. The summed E-state index contributed by atoms with van der Waals surface area (Å²) in [6, 6.07) is 5.48. The van der Waals surface area contributed by atoms with E-state index in [1.165, 1.54) is 6.07 Å². The monoisotopic (exact) mass is 279 g/mol. The topological polar surface area (TPSA) is 30.5 Å². The minimum Gasteiger partial charge on any atom is -0.381 e. The van der Waals surface area contributed by atoms with Crippen molar-refractivity contribution in [1.82, 2.24) is 0 Å². The smallest absolute Gasteiger partial charge is 0.146 e. The number of anilines is 1. The molecule has 3 nitrogen and oxygen atoms in total. The van der Waals surface area contributed by atoms with Gasteiger partial charge in [-0.1, -0.05) is 6.07 Å². The van der Waals surface area contributed by atoms with Gasteiger partial charge in [-0.3, -0.25) is 0 Å². The molecule has 2 fully saturated rings. The molecule has 2 aliphatic heterocycles. The largest absolute Gasteiger partial charge is 0.381 e. The molecule has 1 spiro atoms. The summed E-state index contributed by atoms with van der Waals surface area (Å²) in [4.78, 5) is 0. The molecule has 3 rings (SSSR count). The molecule has 0 aromatic heterocycles. The fraction of sp³-hybridized carbons (Fsp3) is 0.625. The third kappa shape index (κ3) is 2.96. The van der Waals surface area contributed by atoms with Crippen molar-refractivity contribution in [3.05, 3.63) is 29.6 Å². The molecule has 2 heterocycles. The summed E-state index contributed by atoms with van der Waals surface area (Å²) in [7, 11) is 0. The average Bonchev–Trinajstić information content (AvgIpc) is 2.44. The van der Waals surface area contributed by atoms with Gasteiger partial charge in [0, 0.05) is 25.9 Å². The first-order valence-electron chi connectivity index (χ1n) is 7.41. The van der Waals surface area contributed by atoms with Crippen molar-refractivity contribution >= 4 is 5.69 Å². The van der Waals surface area contributed by atoms with Crippen LogP contribution in [0.25, 0.3) is 0 Å². The summed E-state index contributed by atoms with van der Waals surface area (Å²) < 4.78 is 25.3. The van der Waals surface area contributed by atoms with Gasteiger partial charge in [0.25, 0.3) is 0 Å². The fourth-order valence-corrected chi connectivity index (χ4v) is 3.21. The van der Waals surface area contributed by atoms with Crippen molar-refractivity contribution in [2.75, 3.05) is 25.1 Å². The Morgan fingerprint density at radius 1 is 1.25 bits per heavy atom. The Balaban J connectivity index is 1.69. The molecule has 110 valence electrons. The lowest BCUT2D eigenvalue weighted by Crippen LogP contribution is -2.47. The van der Waals surface area contributed by atoms with Crippen molar-refractivity contribution in [3.8, 4) is 0 Å². The van der Waals surface area contributed by atoms with Crippen molar-refractivity contribution in [2.24, 2.45) is 0 Å². The summed E-state index contributed by atoms with van der Waals surface area (Å²) in [5.41, 5.74) is 1.62. The second-order valence-corrected chi connectivity index (χ2v) is 5.96. The molecule has 2 aliphatic rings. The number of hydrogen-bond donors (Lipinski definition) is 1. The predicted molar refractivity (Wildman–Crippen MR) is 76.5 cm³/mol. The van der Waals surface area contributed by atoms with E-state index in [9.17, 15) is 4.39 Å². The van der Waals surface area contributed by atoms with E-state index in [-0.39, 0.29) is 17.5 Å². The van der Waals surface area contributed by atoms with E-state index >= 15 is 0 Å². The van der Waals surface area contributed by atoms with Crippen molar-refractivity contribution in [2.45, 2.75) is 44.2 Å². The Bertz CT molecular complexity index is 466. The molecule has 0 saturated carbocycles. The SMILES string of the molecule is Cc1ccc(F)c(NC2CCOC3(CCOCC3)C2)c1. The van der Waals surface area contributed by atoms with Crippen LogP contribution in [-0.2, 0) is 9.47 Å². The van der Waals surface area contributed by atoms with Crippen LogP contribution in [0.1, 0.15) is 31.2 Å². The summed E-state index contributed by atoms with van der Waals surface area (Å²) in [6.07, 6.45) is 3.75. The second-order valence-electron chi connectivity index (χ2n) is 5.96. The predicted octanol–water partition coefficient (Wildman–Crippen LogP) is 3.27. The first kappa shape index (κ1) is 13.8. The Labute approximate surface area is 119 Å². The number of benzene rings is 1. The van der Waals surface area contributed by atoms with Crippen LogP contribution in [0, 0.1) is 12.7 Å². The number of nitrogens with one attached hydrogen (secondary N) is 1. The van der Waals surface area contributed by atoms with Gasteiger partial charge < -0.3 is 14.8 Å². The third-order valence-electron chi connectivity index (χ3n) is 4.38. The molecule has 0 aliphatic carbocycles. The molecule has 20 heavy (non-hydrogen) atoms. The maximum absolute atomic E-state index is 13.8. The molecule has 1 N–H and O–H groups in total. The van der Waals surface area contributed by atoms with Gasteiger partial charge >= 0.3 is 0 Å². The molecule has 1 unspecified atom stereocenters. The lowest BCUT2D eigenvalue weighted by Gasteiger charge is -2.43. The molecule has 0 radical (unpaired) electrons. The standard InChI is InChI=1S/C16H22FNO2/c1-12-2-3-14(17)15(10-12)18-13-4-7-20-16(11-13)5-8-19-9-6-16/h2-3,10,13,18H,4-9,11H2,1H3. The molecule has 0 amide bonds. The zero-order valence-corrected chi connectivity index (χ0v) is 12.0. The van der Waals surface area contributed by atoms with Crippen molar-refractivity contribution in [1.29, 1.82) is 0 Å². The van der Waals surface area contributed by atoms with Gasteiger partial charge in [0.1, 0.15) is 5.82 Å². The quantitative estimate of drug-likeness (QED) is 0.901. The highest BCUT2D eigenvalue weighted by Gasteiger charge is 2.39. The molecular weight excluding hydrogens is 257 g/mol. The minimum absolute atomic E-state index is 0.0610. The van der Waals surface area contributed by atoms with E-state index in [0.717, 1.165) is 51.1 Å². The highest BCUT2D eigenvalue weighted by Crippen LogP contribution is 2.35. The van der Waals surface area contributed by atoms with Gasteiger partial charge in [-0.2, -0.15) is 0 Å². The molecule has 4 heteroatoms. The number of rotatable bonds is 2. The highest BCUT2D eigenvalue weighted by atomic mass is 19.1. The second kappa shape index (κ2) is 5.70. The van der Waals surface area contributed by atoms with Crippen LogP contribution in [0.2, 0.25) is 0 Å². The van der Waals surface area contributed by atoms with Crippen LogP contribution in [-0.4, -0.2) is 31.5 Å².